The van der Waals surface area contributed by atoms with Crippen LogP contribution in [0.4, 0.5) is 18.0 Å². The Kier molecular flexibility index (Phi) is 6.33. The van der Waals surface area contributed by atoms with Gasteiger partial charge in [0.15, 0.2) is 0 Å². The van der Waals surface area contributed by atoms with Gasteiger partial charge in [-0.2, -0.15) is 13.2 Å². The molecule has 3 heterocycles. The monoisotopic (exact) mass is 466 g/mol. The van der Waals surface area contributed by atoms with Gasteiger partial charge in [-0.05, 0) is 18.6 Å². The fourth-order valence-electron chi connectivity index (χ4n) is 4.51. The molecule has 3 aliphatic rings. The molecule has 1 aromatic rings. The predicted octanol–water partition coefficient (Wildman–Crippen LogP) is 2.14. The molecule has 8 nitrogen and oxygen atoms in total. The zero-order valence-corrected chi connectivity index (χ0v) is 18.2. The van der Waals surface area contributed by atoms with Gasteiger partial charge in [-0.1, -0.05) is 18.2 Å². The van der Waals surface area contributed by atoms with Crippen molar-refractivity contribution in [3.63, 3.8) is 0 Å². The molecule has 0 aliphatic carbocycles. The van der Waals surface area contributed by atoms with Crippen LogP contribution in [0.3, 0.4) is 0 Å². The largest absolute Gasteiger partial charge is 0.416 e. The summed E-state index contributed by atoms with van der Waals surface area (Å²) in [6.45, 7) is 4.06. The quantitative estimate of drug-likeness (QED) is 0.721. The Hall–Kier alpha value is -3.08. The average Bonchev–Trinajstić information content (AvgIpc) is 3.13. The van der Waals surface area contributed by atoms with Gasteiger partial charge in [-0.25, -0.2) is 4.79 Å². The van der Waals surface area contributed by atoms with Gasteiger partial charge >= 0.3 is 12.2 Å². The molecular weight excluding hydrogens is 441 g/mol. The third-order valence-electron chi connectivity index (χ3n) is 6.15. The van der Waals surface area contributed by atoms with E-state index in [4.69, 9.17) is 4.74 Å². The van der Waals surface area contributed by atoms with Crippen molar-refractivity contribution in [2.24, 2.45) is 0 Å². The summed E-state index contributed by atoms with van der Waals surface area (Å²) in [5.74, 6) is -0.586. The molecule has 4 rings (SSSR count). The van der Waals surface area contributed by atoms with Crippen LogP contribution >= 0.6 is 0 Å². The van der Waals surface area contributed by atoms with Gasteiger partial charge in [0.1, 0.15) is 0 Å². The Morgan fingerprint density at radius 3 is 2.55 bits per heavy atom. The van der Waals surface area contributed by atoms with Crippen LogP contribution in [0, 0.1) is 0 Å². The molecule has 3 aliphatic heterocycles. The maximum absolute atomic E-state index is 13.7. The number of amides is 4. The van der Waals surface area contributed by atoms with Crippen LogP contribution in [-0.2, 0) is 20.5 Å². The number of nitrogens with one attached hydrogen (secondary N) is 1. The predicted molar refractivity (Wildman–Crippen MR) is 111 cm³/mol. The second kappa shape index (κ2) is 9.05. The molecular formula is C22H25F3N4O4. The van der Waals surface area contributed by atoms with Gasteiger partial charge in [0.2, 0.25) is 5.91 Å². The number of carbonyl (C=O) groups is 3. The summed E-state index contributed by atoms with van der Waals surface area (Å²) in [6.07, 6.45) is -4.56. The van der Waals surface area contributed by atoms with E-state index in [0.29, 0.717) is 32.0 Å². The highest BCUT2D eigenvalue weighted by atomic mass is 19.4. The van der Waals surface area contributed by atoms with Gasteiger partial charge in [0.05, 0.1) is 42.6 Å². The molecule has 1 fully saturated rings. The molecule has 4 amide bonds. The number of halogens is 3. The first-order valence-corrected chi connectivity index (χ1v) is 10.8. The molecule has 0 aromatic heterocycles. The maximum atomic E-state index is 13.7. The number of ether oxygens (including phenoxy) is 1. The minimum absolute atomic E-state index is 0.0660. The first kappa shape index (κ1) is 23.1. The van der Waals surface area contributed by atoms with E-state index in [2.05, 4.69) is 5.32 Å². The first-order valence-electron chi connectivity index (χ1n) is 10.8. The van der Waals surface area contributed by atoms with Crippen LogP contribution < -0.4 is 5.32 Å². The van der Waals surface area contributed by atoms with Gasteiger partial charge in [0.25, 0.3) is 5.91 Å². The molecule has 178 valence electrons. The highest BCUT2D eigenvalue weighted by Crippen LogP contribution is 2.41. The number of hydrogen-bond donors (Lipinski definition) is 1. The lowest BCUT2D eigenvalue weighted by Gasteiger charge is -2.33. The summed E-state index contributed by atoms with van der Waals surface area (Å²) in [5.41, 5.74) is -0.582. The number of hydrogen-bond acceptors (Lipinski definition) is 4. The minimum atomic E-state index is -4.64. The third kappa shape index (κ3) is 4.41. The van der Waals surface area contributed by atoms with E-state index >= 15 is 0 Å². The number of alkyl halides is 3. The van der Waals surface area contributed by atoms with Gasteiger partial charge < -0.3 is 19.9 Å². The summed E-state index contributed by atoms with van der Waals surface area (Å²) < 4.78 is 46.2. The Balaban J connectivity index is 1.60. The second-order valence-electron chi connectivity index (χ2n) is 8.04. The number of likely N-dealkylation sites (N-methyl/N-ethyl adjacent to an activating group) is 1. The molecule has 0 saturated carbocycles. The van der Waals surface area contributed by atoms with E-state index in [-0.39, 0.29) is 43.1 Å². The van der Waals surface area contributed by atoms with Crippen LogP contribution in [0.15, 0.2) is 35.5 Å². The second-order valence-corrected chi connectivity index (χ2v) is 8.04. The number of carbonyl (C=O) groups excluding carboxylic acids is 3. The lowest BCUT2D eigenvalue weighted by molar-refractivity contribution is -0.139. The Bertz CT molecular complexity index is 988. The lowest BCUT2D eigenvalue weighted by Crippen LogP contribution is -2.47. The molecule has 1 saturated heterocycles. The van der Waals surface area contributed by atoms with E-state index in [9.17, 15) is 27.6 Å². The highest BCUT2D eigenvalue weighted by molar-refractivity contribution is 6.01. The van der Waals surface area contributed by atoms with Crippen LogP contribution in [0.2, 0.25) is 0 Å². The van der Waals surface area contributed by atoms with Gasteiger partial charge in [-0.3, -0.25) is 14.5 Å². The van der Waals surface area contributed by atoms with Crippen molar-refractivity contribution in [3.8, 4) is 0 Å². The molecule has 1 N–H and O–H groups in total. The SMILES string of the molecule is CCN1C(=O)N[C@H](c2ccccc2C(F)(F)F)C2=C1CN(CCC(=O)N1CCOCC1)C2=O. The Labute approximate surface area is 188 Å². The lowest BCUT2D eigenvalue weighted by atomic mass is 9.91. The number of urea groups is 1. The summed E-state index contributed by atoms with van der Waals surface area (Å²) in [6, 6.07) is 3.15. The van der Waals surface area contributed by atoms with Gasteiger partial charge in [-0.15, -0.1) is 0 Å². The Morgan fingerprint density at radius 1 is 1.18 bits per heavy atom. The van der Waals surface area contributed by atoms with E-state index in [1.807, 2.05) is 0 Å². The fraction of sp³-hybridized carbons (Fsp3) is 0.500. The van der Waals surface area contributed by atoms with E-state index in [1.165, 1.54) is 28.0 Å². The van der Waals surface area contributed by atoms with Crippen molar-refractivity contribution >= 4 is 17.8 Å². The standard InChI is InChI=1S/C22H25F3N4O4/c1-2-29-16-13-28(8-7-17(30)27-9-11-33-12-10-27)20(31)18(16)19(26-21(29)32)14-5-3-4-6-15(14)22(23,24)25/h3-6,19H,2,7-13H2,1H3,(H,26,32)/t19-/m1/s1. The smallest absolute Gasteiger partial charge is 0.378 e. The third-order valence-corrected chi connectivity index (χ3v) is 6.15. The molecule has 0 bridgehead atoms. The number of benzene rings is 1. The molecule has 0 spiro atoms. The summed E-state index contributed by atoms with van der Waals surface area (Å²) in [7, 11) is 0. The molecule has 1 aromatic carbocycles. The molecule has 0 radical (unpaired) electrons. The molecule has 1 atom stereocenters. The van der Waals surface area contributed by atoms with Gasteiger partial charge in [0, 0.05) is 32.6 Å². The number of nitrogens with zero attached hydrogens (tertiary/aromatic N) is 3. The van der Waals surface area contributed by atoms with Crippen molar-refractivity contribution in [2.45, 2.75) is 25.6 Å². The fourth-order valence-corrected chi connectivity index (χ4v) is 4.51. The number of rotatable bonds is 5. The van der Waals surface area contributed by atoms with Crippen molar-refractivity contribution in [1.29, 1.82) is 0 Å². The van der Waals surface area contributed by atoms with E-state index in [1.54, 1.807) is 11.8 Å². The zero-order valence-electron chi connectivity index (χ0n) is 18.2. The van der Waals surface area contributed by atoms with E-state index in [0.717, 1.165) is 6.07 Å². The summed E-state index contributed by atoms with van der Waals surface area (Å²) >= 11 is 0. The number of morpholine rings is 1. The van der Waals surface area contributed by atoms with Crippen LogP contribution in [0.5, 0.6) is 0 Å². The van der Waals surface area contributed by atoms with Crippen LogP contribution in [-0.4, -0.2) is 78.5 Å². The maximum Gasteiger partial charge on any atom is 0.416 e. The summed E-state index contributed by atoms with van der Waals surface area (Å²) in [4.78, 5) is 43.0. The average molecular weight is 466 g/mol. The first-order chi connectivity index (χ1) is 15.7. The molecule has 0 unspecified atom stereocenters. The van der Waals surface area contributed by atoms with Crippen LogP contribution in [0.25, 0.3) is 0 Å². The van der Waals surface area contributed by atoms with Crippen molar-refractivity contribution in [2.75, 3.05) is 45.9 Å². The van der Waals surface area contributed by atoms with Crippen LogP contribution in [0.1, 0.15) is 30.5 Å². The Morgan fingerprint density at radius 2 is 1.88 bits per heavy atom. The zero-order chi connectivity index (χ0) is 23.8. The van der Waals surface area contributed by atoms with Crippen molar-refractivity contribution in [1.82, 2.24) is 20.0 Å². The van der Waals surface area contributed by atoms with E-state index < -0.39 is 29.7 Å². The molecule has 33 heavy (non-hydrogen) atoms. The topological polar surface area (TPSA) is 82.2 Å². The van der Waals surface area contributed by atoms with Crippen molar-refractivity contribution in [3.05, 3.63) is 46.7 Å². The summed E-state index contributed by atoms with van der Waals surface area (Å²) in [5, 5.41) is 2.58. The molecule has 11 heteroatoms. The van der Waals surface area contributed by atoms with Crippen molar-refractivity contribution < 1.29 is 32.3 Å². The highest BCUT2D eigenvalue weighted by Gasteiger charge is 2.46. The minimum Gasteiger partial charge on any atom is -0.378 e. The normalized spacial score (nSPS) is 21.5.